The van der Waals surface area contributed by atoms with E-state index in [4.69, 9.17) is 0 Å². The molecule has 1 unspecified atom stereocenters. The van der Waals surface area contributed by atoms with Crippen molar-refractivity contribution in [2.75, 3.05) is 25.0 Å². The monoisotopic (exact) mass is 442 g/mol. The largest absolute Gasteiger partial charge is 0.418 e. The van der Waals surface area contributed by atoms with Gasteiger partial charge in [0.2, 0.25) is 0 Å². The van der Waals surface area contributed by atoms with E-state index < -0.39 is 11.7 Å². The minimum atomic E-state index is -4.48. The summed E-state index contributed by atoms with van der Waals surface area (Å²) in [4.78, 5) is 18.9. The molecule has 168 valence electrons. The van der Waals surface area contributed by atoms with Crippen molar-refractivity contribution in [1.29, 1.82) is 0 Å². The smallest absolute Gasteiger partial charge is 0.355 e. The van der Waals surface area contributed by atoms with Gasteiger partial charge in [-0.05, 0) is 62.3 Å². The summed E-state index contributed by atoms with van der Waals surface area (Å²) >= 11 is 0. The zero-order chi connectivity index (χ0) is 22.7. The first-order chi connectivity index (χ1) is 15.3. The highest BCUT2D eigenvalue weighted by molar-refractivity contribution is 5.96. The van der Waals surface area contributed by atoms with Gasteiger partial charge in [-0.15, -0.1) is 0 Å². The summed E-state index contributed by atoms with van der Waals surface area (Å²) in [7, 11) is 0. The lowest BCUT2D eigenvalue weighted by Gasteiger charge is -2.32. The number of hydrogen-bond acceptors (Lipinski definition) is 4. The molecule has 2 aromatic carbocycles. The average molecular weight is 442 g/mol. The first kappa shape index (κ1) is 22.1. The van der Waals surface area contributed by atoms with E-state index in [9.17, 15) is 18.0 Å². The van der Waals surface area contributed by atoms with Crippen molar-refractivity contribution in [3.05, 3.63) is 65.9 Å². The van der Waals surface area contributed by atoms with E-state index in [2.05, 4.69) is 27.4 Å². The Morgan fingerprint density at radius 3 is 2.66 bits per heavy atom. The van der Waals surface area contributed by atoms with Crippen LogP contribution in [0.25, 0.3) is 10.9 Å². The van der Waals surface area contributed by atoms with Gasteiger partial charge in [-0.2, -0.15) is 13.2 Å². The lowest BCUT2D eigenvalue weighted by atomic mass is 10.0. The number of likely N-dealkylation sites (tertiary alicyclic amines) is 1. The molecule has 5 nitrogen and oxygen atoms in total. The molecule has 1 amide bonds. The minimum absolute atomic E-state index is 0.102. The van der Waals surface area contributed by atoms with Gasteiger partial charge < -0.3 is 15.5 Å². The quantitative estimate of drug-likeness (QED) is 0.570. The number of aromatic nitrogens is 1. The molecule has 2 heterocycles. The maximum Gasteiger partial charge on any atom is 0.418 e. The summed E-state index contributed by atoms with van der Waals surface area (Å²) < 4.78 is 39.9. The normalized spacial score (nSPS) is 17.3. The number of rotatable bonds is 5. The van der Waals surface area contributed by atoms with Crippen molar-refractivity contribution in [2.24, 2.45) is 0 Å². The number of halogens is 3. The Hall–Kier alpha value is -3.13. The number of hydrogen-bond donors (Lipinski definition) is 2. The van der Waals surface area contributed by atoms with Gasteiger partial charge in [0.15, 0.2) is 0 Å². The van der Waals surface area contributed by atoms with Crippen LogP contribution < -0.4 is 10.6 Å². The number of amides is 1. The summed E-state index contributed by atoms with van der Waals surface area (Å²) in [5.74, 6) is -0.122. The van der Waals surface area contributed by atoms with E-state index in [-0.39, 0.29) is 17.5 Å². The third-order valence-corrected chi connectivity index (χ3v) is 5.79. The van der Waals surface area contributed by atoms with Gasteiger partial charge in [0.1, 0.15) is 0 Å². The summed E-state index contributed by atoms with van der Waals surface area (Å²) in [5, 5.41) is 6.61. The summed E-state index contributed by atoms with van der Waals surface area (Å²) in [6.45, 7) is 5.01. The molecule has 1 aliphatic heterocycles. The number of carbonyl (C=O) groups is 1. The number of benzene rings is 2. The van der Waals surface area contributed by atoms with Crippen LogP contribution in [-0.2, 0) is 6.18 Å². The second-order valence-corrected chi connectivity index (χ2v) is 7.97. The molecule has 8 heteroatoms. The van der Waals surface area contributed by atoms with Crippen LogP contribution in [0.1, 0.15) is 35.7 Å². The predicted octanol–water partition coefficient (Wildman–Crippen LogP) is 5.21. The van der Waals surface area contributed by atoms with Crippen molar-refractivity contribution in [3.63, 3.8) is 0 Å². The lowest BCUT2D eigenvalue weighted by Crippen LogP contribution is -2.47. The van der Waals surface area contributed by atoms with Crippen LogP contribution in [0.4, 0.5) is 24.5 Å². The number of pyridine rings is 1. The highest BCUT2D eigenvalue weighted by atomic mass is 19.4. The van der Waals surface area contributed by atoms with Crippen molar-refractivity contribution >= 4 is 28.2 Å². The fraction of sp³-hybridized carbons (Fsp3) is 0.333. The fourth-order valence-electron chi connectivity index (χ4n) is 4.10. The Kier molecular flexibility index (Phi) is 6.32. The zero-order valence-corrected chi connectivity index (χ0v) is 17.7. The number of nitrogens with zero attached hydrogens (tertiary/aromatic N) is 2. The molecule has 2 N–H and O–H groups in total. The van der Waals surface area contributed by atoms with Crippen LogP contribution in [0.5, 0.6) is 0 Å². The van der Waals surface area contributed by atoms with Gasteiger partial charge >= 0.3 is 6.18 Å². The number of alkyl halides is 3. The van der Waals surface area contributed by atoms with E-state index in [0.29, 0.717) is 22.3 Å². The molecule has 0 spiro atoms. The van der Waals surface area contributed by atoms with E-state index in [1.807, 2.05) is 0 Å². The first-order valence-corrected chi connectivity index (χ1v) is 10.7. The number of likely N-dealkylation sites (N-methyl/N-ethyl adjacent to an activating group) is 1. The average Bonchev–Trinajstić information content (AvgIpc) is 2.79. The van der Waals surface area contributed by atoms with Crippen LogP contribution in [0.2, 0.25) is 0 Å². The van der Waals surface area contributed by atoms with Gasteiger partial charge in [-0.25, -0.2) is 0 Å². The first-order valence-electron chi connectivity index (χ1n) is 10.7. The van der Waals surface area contributed by atoms with Crippen LogP contribution in [0, 0.1) is 0 Å². The Bertz CT molecular complexity index is 1100. The molecule has 0 saturated carbocycles. The molecular formula is C24H25F3N4O. The van der Waals surface area contributed by atoms with E-state index in [1.165, 1.54) is 12.3 Å². The molecule has 1 saturated heterocycles. The topological polar surface area (TPSA) is 57.3 Å². The second-order valence-electron chi connectivity index (χ2n) is 7.97. The van der Waals surface area contributed by atoms with Crippen molar-refractivity contribution in [1.82, 2.24) is 15.2 Å². The lowest BCUT2D eigenvalue weighted by molar-refractivity contribution is -0.136. The molecule has 1 atom stereocenters. The predicted molar refractivity (Wildman–Crippen MR) is 119 cm³/mol. The van der Waals surface area contributed by atoms with E-state index in [0.717, 1.165) is 38.5 Å². The molecule has 1 aromatic heterocycles. The number of piperidine rings is 1. The molecule has 1 fully saturated rings. The molecule has 1 aliphatic rings. The third-order valence-electron chi connectivity index (χ3n) is 5.79. The molecule has 0 bridgehead atoms. The molecule has 0 radical (unpaired) electrons. The molecule has 3 aromatic rings. The highest BCUT2D eigenvalue weighted by Crippen LogP contribution is 2.36. The number of fused-ring (bicyclic) bond motifs is 1. The minimum Gasteiger partial charge on any atom is -0.355 e. The maximum atomic E-state index is 13.3. The van der Waals surface area contributed by atoms with Crippen LogP contribution >= 0.6 is 0 Å². The number of nitrogens with one attached hydrogen (secondary N) is 2. The van der Waals surface area contributed by atoms with Crippen molar-refractivity contribution in [2.45, 2.75) is 32.0 Å². The summed E-state index contributed by atoms with van der Waals surface area (Å²) in [5.41, 5.74) is 0.856. The van der Waals surface area contributed by atoms with Crippen molar-refractivity contribution < 1.29 is 18.0 Å². The van der Waals surface area contributed by atoms with Crippen LogP contribution in [-0.4, -0.2) is 41.5 Å². The Morgan fingerprint density at radius 1 is 1.16 bits per heavy atom. The summed E-state index contributed by atoms with van der Waals surface area (Å²) in [6.07, 6.45) is -1.09. The Morgan fingerprint density at radius 2 is 1.94 bits per heavy atom. The SMILES string of the molecule is CCN1CCCC(NC(=O)c2ccc(Nc3ccnc4c(C(F)(F)F)cccc34)cc2)C1. The number of carbonyl (C=O) groups excluding carboxylic acids is 1. The van der Waals surface area contributed by atoms with Crippen LogP contribution in [0.3, 0.4) is 0 Å². The molecule has 32 heavy (non-hydrogen) atoms. The number of anilines is 2. The fourth-order valence-corrected chi connectivity index (χ4v) is 4.10. The zero-order valence-electron chi connectivity index (χ0n) is 17.7. The molecule has 4 rings (SSSR count). The molecule has 0 aliphatic carbocycles. The summed E-state index contributed by atoms with van der Waals surface area (Å²) in [6, 6.07) is 12.7. The van der Waals surface area contributed by atoms with Gasteiger partial charge in [-0.1, -0.05) is 19.1 Å². The van der Waals surface area contributed by atoms with Gasteiger partial charge in [-0.3, -0.25) is 9.78 Å². The van der Waals surface area contributed by atoms with Gasteiger partial charge in [0.25, 0.3) is 5.91 Å². The van der Waals surface area contributed by atoms with Crippen LogP contribution in [0.15, 0.2) is 54.7 Å². The Labute approximate surface area is 184 Å². The Balaban J connectivity index is 1.48. The highest BCUT2D eigenvalue weighted by Gasteiger charge is 2.33. The maximum absolute atomic E-state index is 13.3. The standard InChI is InChI=1S/C24H25F3N4O/c1-2-31-14-4-5-18(15-31)30-23(32)16-8-10-17(11-9-16)29-21-12-13-28-22-19(21)6-3-7-20(22)24(25,26)27/h3,6-13,18H,2,4-5,14-15H2,1H3,(H,28,29)(H,30,32). The van der Waals surface area contributed by atoms with E-state index >= 15 is 0 Å². The van der Waals surface area contributed by atoms with Gasteiger partial charge in [0.05, 0.1) is 11.1 Å². The third kappa shape index (κ3) is 4.85. The van der Waals surface area contributed by atoms with E-state index in [1.54, 1.807) is 36.4 Å². The van der Waals surface area contributed by atoms with Crippen molar-refractivity contribution in [3.8, 4) is 0 Å². The number of para-hydroxylation sites is 1. The second kappa shape index (κ2) is 9.16. The van der Waals surface area contributed by atoms with Gasteiger partial charge in [0, 0.05) is 41.1 Å². The molecular weight excluding hydrogens is 417 g/mol.